The SMILES string of the molecule is [CH2]c1ccccc1Nc1ccc(CCCCCCCl)cc1[CH2]. The van der Waals surface area contributed by atoms with Gasteiger partial charge in [-0.3, -0.25) is 0 Å². The van der Waals surface area contributed by atoms with E-state index < -0.39 is 0 Å². The molecule has 0 aliphatic carbocycles. The van der Waals surface area contributed by atoms with Crippen LogP contribution in [0.2, 0.25) is 0 Å². The Balaban J connectivity index is 1.93. The summed E-state index contributed by atoms with van der Waals surface area (Å²) in [4.78, 5) is 0. The van der Waals surface area contributed by atoms with Crippen molar-refractivity contribution in [3.8, 4) is 0 Å². The lowest BCUT2D eigenvalue weighted by atomic mass is 10.0. The first-order valence-electron chi connectivity index (χ1n) is 7.89. The van der Waals surface area contributed by atoms with Crippen LogP contribution in [0.3, 0.4) is 0 Å². The van der Waals surface area contributed by atoms with E-state index in [2.05, 4.69) is 37.4 Å². The molecule has 2 rings (SSSR count). The molecule has 0 aliphatic heterocycles. The minimum atomic E-state index is 0.775. The Hall–Kier alpha value is -1.47. The zero-order valence-corrected chi connectivity index (χ0v) is 13.8. The van der Waals surface area contributed by atoms with Gasteiger partial charge >= 0.3 is 0 Å². The van der Waals surface area contributed by atoms with Gasteiger partial charge in [-0.05, 0) is 61.9 Å². The van der Waals surface area contributed by atoms with Crippen molar-refractivity contribution in [3.63, 3.8) is 0 Å². The summed E-state index contributed by atoms with van der Waals surface area (Å²) in [7, 11) is 0. The van der Waals surface area contributed by atoms with Gasteiger partial charge < -0.3 is 5.32 Å². The summed E-state index contributed by atoms with van der Waals surface area (Å²) in [5, 5.41) is 3.41. The van der Waals surface area contributed by atoms with Crippen molar-refractivity contribution in [2.45, 2.75) is 32.1 Å². The number of hydrogen-bond donors (Lipinski definition) is 1. The first-order chi connectivity index (χ1) is 10.7. The van der Waals surface area contributed by atoms with Gasteiger partial charge in [0.25, 0.3) is 0 Å². The maximum atomic E-state index is 5.69. The van der Waals surface area contributed by atoms with Gasteiger partial charge in [0.1, 0.15) is 0 Å². The fraction of sp³-hybridized carbons (Fsp3) is 0.300. The van der Waals surface area contributed by atoms with E-state index >= 15 is 0 Å². The molecule has 0 aromatic heterocycles. The van der Waals surface area contributed by atoms with Crippen molar-refractivity contribution in [1.29, 1.82) is 0 Å². The van der Waals surface area contributed by atoms with Gasteiger partial charge in [0, 0.05) is 17.3 Å². The van der Waals surface area contributed by atoms with Crippen LogP contribution in [-0.4, -0.2) is 5.88 Å². The van der Waals surface area contributed by atoms with E-state index in [1.165, 1.54) is 24.8 Å². The molecule has 0 unspecified atom stereocenters. The average molecular weight is 314 g/mol. The molecule has 2 aromatic carbocycles. The first kappa shape index (κ1) is 16.9. The van der Waals surface area contributed by atoms with Crippen LogP contribution in [-0.2, 0) is 6.42 Å². The highest BCUT2D eigenvalue weighted by Gasteiger charge is 2.03. The predicted molar refractivity (Wildman–Crippen MR) is 98.0 cm³/mol. The summed E-state index contributed by atoms with van der Waals surface area (Å²) in [6, 6.07) is 14.5. The fourth-order valence-corrected chi connectivity index (χ4v) is 2.68. The van der Waals surface area contributed by atoms with Crippen molar-refractivity contribution >= 4 is 23.0 Å². The van der Waals surface area contributed by atoms with Gasteiger partial charge in [0.2, 0.25) is 0 Å². The zero-order valence-electron chi connectivity index (χ0n) is 13.1. The van der Waals surface area contributed by atoms with E-state index in [-0.39, 0.29) is 0 Å². The Bertz CT molecular complexity index is 592. The third-order valence-electron chi connectivity index (χ3n) is 3.81. The largest absolute Gasteiger partial charge is 0.355 e. The number of halogens is 1. The lowest BCUT2D eigenvalue weighted by molar-refractivity contribution is 0.669. The van der Waals surface area contributed by atoms with Crippen LogP contribution in [0.1, 0.15) is 42.4 Å². The molecule has 0 spiro atoms. The highest BCUT2D eigenvalue weighted by Crippen LogP contribution is 2.24. The standard InChI is InChI=1S/C20H24ClN/c1-16-9-6-7-11-19(16)22-20-13-12-18(15-17(20)2)10-5-3-4-8-14-21/h6-7,9,11-13,15,22H,1-5,8,10,14H2. The number of aryl methyl sites for hydroxylation is 1. The Morgan fingerprint density at radius 3 is 2.27 bits per heavy atom. The monoisotopic (exact) mass is 313 g/mol. The molecule has 0 atom stereocenters. The van der Waals surface area contributed by atoms with Gasteiger partial charge in [0.15, 0.2) is 0 Å². The molecule has 2 radical (unpaired) electrons. The summed E-state index contributed by atoms with van der Waals surface area (Å²) < 4.78 is 0. The minimum absolute atomic E-state index is 0.775. The second-order valence-corrected chi connectivity index (χ2v) is 6.00. The fourth-order valence-electron chi connectivity index (χ4n) is 2.49. The quantitative estimate of drug-likeness (QED) is 0.456. The molecule has 0 bridgehead atoms. The Kier molecular flexibility index (Phi) is 6.79. The van der Waals surface area contributed by atoms with Crippen molar-refractivity contribution < 1.29 is 0 Å². The molecule has 1 nitrogen and oxygen atoms in total. The normalized spacial score (nSPS) is 10.7. The number of rotatable bonds is 8. The maximum absolute atomic E-state index is 5.69. The van der Waals surface area contributed by atoms with Gasteiger partial charge in [0.05, 0.1) is 0 Å². The van der Waals surface area contributed by atoms with Crippen LogP contribution in [0.15, 0.2) is 42.5 Å². The minimum Gasteiger partial charge on any atom is -0.355 e. The Morgan fingerprint density at radius 2 is 1.55 bits per heavy atom. The number of benzene rings is 2. The molecule has 0 saturated heterocycles. The number of para-hydroxylation sites is 1. The average Bonchev–Trinajstić information content (AvgIpc) is 2.51. The van der Waals surface area contributed by atoms with E-state index in [0.717, 1.165) is 41.2 Å². The maximum Gasteiger partial charge on any atom is 0.0417 e. The van der Waals surface area contributed by atoms with Crippen molar-refractivity contribution in [2.75, 3.05) is 11.2 Å². The summed E-state index contributed by atoms with van der Waals surface area (Å²) in [5.41, 5.74) is 5.44. The summed E-state index contributed by atoms with van der Waals surface area (Å²) in [5.74, 6) is 0.775. The molecule has 0 aliphatic rings. The van der Waals surface area contributed by atoms with Gasteiger partial charge in [-0.1, -0.05) is 43.2 Å². The molecule has 2 heteroatoms. The highest BCUT2D eigenvalue weighted by atomic mass is 35.5. The van der Waals surface area contributed by atoms with Crippen molar-refractivity contribution in [3.05, 3.63) is 73.0 Å². The third kappa shape index (κ3) is 5.06. The summed E-state index contributed by atoms with van der Waals surface area (Å²) in [6.45, 7) is 8.20. The van der Waals surface area contributed by atoms with Gasteiger partial charge in [-0.15, -0.1) is 11.6 Å². The highest BCUT2D eigenvalue weighted by molar-refractivity contribution is 6.17. The third-order valence-corrected chi connectivity index (χ3v) is 4.07. The lowest BCUT2D eigenvalue weighted by Crippen LogP contribution is -1.96. The number of unbranched alkanes of at least 4 members (excludes halogenated alkanes) is 3. The van der Waals surface area contributed by atoms with Crippen LogP contribution in [0.4, 0.5) is 11.4 Å². The van der Waals surface area contributed by atoms with Crippen LogP contribution in [0, 0.1) is 13.8 Å². The summed E-state index contributed by atoms with van der Waals surface area (Å²) in [6.07, 6.45) is 5.91. The van der Waals surface area contributed by atoms with Crippen molar-refractivity contribution in [2.24, 2.45) is 0 Å². The molecule has 0 heterocycles. The molecule has 22 heavy (non-hydrogen) atoms. The smallest absolute Gasteiger partial charge is 0.0417 e. The van der Waals surface area contributed by atoms with Gasteiger partial charge in [-0.25, -0.2) is 0 Å². The zero-order chi connectivity index (χ0) is 15.8. The molecule has 116 valence electrons. The molecular weight excluding hydrogens is 290 g/mol. The second kappa shape index (κ2) is 8.85. The molecular formula is C20H24ClN. The van der Waals surface area contributed by atoms with E-state index in [0.29, 0.717) is 0 Å². The van der Waals surface area contributed by atoms with Crippen molar-refractivity contribution in [1.82, 2.24) is 0 Å². The van der Waals surface area contributed by atoms with Crippen LogP contribution >= 0.6 is 11.6 Å². The van der Waals surface area contributed by atoms with E-state index in [1.54, 1.807) is 0 Å². The number of hydrogen-bond acceptors (Lipinski definition) is 1. The lowest BCUT2D eigenvalue weighted by Gasteiger charge is -2.13. The topological polar surface area (TPSA) is 12.0 Å². The van der Waals surface area contributed by atoms with E-state index in [1.807, 2.05) is 24.3 Å². The Morgan fingerprint density at radius 1 is 0.818 bits per heavy atom. The second-order valence-electron chi connectivity index (χ2n) is 5.63. The number of nitrogens with one attached hydrogen (secondary N) is 1. The Labute approximate surface area is 139 Å². The van der Waals surface area contributed by atoms with E-state index in [4.69, 9.17) is 11.6 Å². The van der Waals surface area contributed by atoms with Crippen LogP contribution in [0.5, 0.6) is 0 Å². The molecule has 0 fully saturated rings. The van der Waals surface area contributed by atoms with Gasteiger partial charge in [-0.2, -0.15) is 0 Å². The first-order valence-corrected chi connectivity index (χ1v) is 8.43. The summed E-state index contributed by atoms with van der Waals surface area (Å²) >= 11 is 5.69. The molecule has 1 N–H and O–H groups in total. The van der Waals surface area contributed by atoms with E-state index in [9.17, 15) is 0 Å². The predicted octanol–water partition coefficient (Wildman–Crippen LogP) is 6.14. The number of alkyl halides is 1. The molecule has 2 aromatic rings. The molecule has 0 saturated carbocycles. The van der Waals surface area contributed by atoms with Crippen LogP contribution < -0.4 is 5.32 Å². The van der Waals surface area contributed by atoms with Crippen LogP contribution in [0.25, 0.3) is 0 Å². The number of anilines is 2. The molecule has 0 amide bonds.